The highest BCUT2D eigenvalue weighted by molar-refractivity contribution is 5.89. The first-order valence-electron chi connectivity index (χ1n) is 6.68. The third-order valence-corrected chi connectivity index (χ3v) is 2.85. The molecule has 0 aliphatic carbocycles. The molecule has 2 N–H and O–H groups in total. The van der Waals surface area contributed by atoms with Gasteiger partial charge < -0.3 is 15.4 Å². The van der Waals surface area contributed by atoms with Crippen molar-refractivity contribution in [2.24, 2.45) is 0 Å². The van der Waals surface area contributed by atoms with Crippen molar-refractivity contribution in [1.82, 2.24) is 5.32 Å². The summed E-state index contributed by atoms with van der Waals surface area (Å²) in [6.45, 7) is -0.552. The quantitative estimate of drug-likeness (QED) is 0.879. The lowest BCUT2D eigenvalue weighted by Crippen LogP contribution is -2.28. The molecule has 0 aromatic heterocycles. The summed E-state index contributed by atoms with van der Waals surface area (Å²) in [5.74, 6) is -0.00789. The molecule has 2 aromatic carbocycles. The third-order valence-electron chi connectivity index (χ3n) is 2.85. The van der Waals surface area contributed by atoms with Crippen LogP contribution in [0.2, 0.25) is 0 Å². The van der Waals surface area contributed by atoms with E-state index in [4.69, 9.17) is 0 Å². The molecule has 0 bridgehead atoms. The number of anilines is 1. The van der Waals surface area contributed by atoms with Crippen LogP contribution in [0.25, 0.3) is 0 Å². The number of benzene rings is 2. The summed E-state index contributed by atoms with van der Waals surface area (Å²) in [6, 6.07) is 13.2. The van der Waals surface area contributed by atoms with Crippen LogP contribution in [0.5, 0.6) is 5.75 Å². The lowest BCUT2D eigenvalue weighted by Gasteiger charge is -2.10. The molecular formula is C16H16F2N2O2. The van der Waals surface area contributed by atoms with Gasteiger partial charge in [-0.3, -0.25) is 0 Å². The van der Waals surface area contributed by atoms with Gasteiger partial charge in [-0.1, -0.05) is 35.9 Å². The van der Waals surface area contributed by atoms with E-state index >= 15 is 0 Å². The van der Waals surface area contributed by atoms with E-state index < -0.39 is 12.6 Å². The average Bonchev–Trinajstić information content (AvgIpc) is 2.45. The molecule has 0 saturated carbocycles. The normalized spacial score (nSPS) is 10.4. The Balaban J connectivity index is 1.89. The molecule has 2 aromatic rings. The molecule has 0 fully saturated rings. The second kappa shape index (κ2) is 7.40. The zero-order valence-corrected chi connectivity index (χ0v) is 12.0. The number of carbonyl (C=O) groups excluding carboxylic acids is 1. The fourth-order valence-electron chi connectivity index (χ4n) is 1.93. The second-order valence-corrected chi connectivity index (χ2v) is 4.70. The van der Waals surface area contributed by atoms with E-state index in [-0.39, 0.29) is 5.75 Å². The maximum Gasteiger partial charge on any atom is 0.387 e. The highest BCUT2D eigenvalue weighted by atomic mass is 19.3. The van der Waals surface area contributed by atoms with Crippen LogP contribution in [-0.2, 0) is 6.54 Å². The van der Waals surface area contributed by atoms with E-state index in [1.165, 1.54) is 18.2 Å². The maximum absolute atomic E-state index is 12.1. The smallest absolute Gasteiger partial charge is 0.387 e. The number of rotatable bonds is 5. The Morgan fingerprint density at radius 1 is 1.18 bits per heavy atom. The fourth-order valence-corrected chi connectivity index (χ4v) is 1.93. The molecule has 0 heterocycles. The van der Waals surface area contributed by atoms with Crippen LogP contribution in [0.3, 0.4) is 0 Å². The second-order valence-electron chi connectivity index (χ2n) is 4.70. The van der Waals surface area contributed by atoms with Crippen LogP contribution in [0.4, 0.5) is 19.3 Å². The van der Waals surface area contributed by atoms with Gasteiger partial charge >= 0.3 is 12.6 Å². The van der Waals surface area contributed by atoms with E-state index in [9.17, 15) is 13.6 Å². The zero-order valence-electron chi connectivity index (χ0n) is 12.0. The van der Waals surface area contributed by atoms with Gasteiger partial charge in [-0.25, -0.2) is 4.79 Å². The average molecular weight is 306 g/mol. The summed E-state index contributed by atoms with van der Waals surface area (Å²) in [7, 11) is 0. The Labute approximate surface area is 127 Å². The molecule has 0 aliphatic rings. The Morgan fingerprint density at radius 3 is 2.68 bits per heavy atom. The number of alkyl halides is 2. The van der Waals surface area contributed by atoms with Crippen LogP contribution in [0.15, 0.2) is 48.5 Å². The van der Waals surface area contributed by atoms with Crippen molar-refractivity contribution in [2.45, 2.75) is 20.1 Å². The molecule has 0 unspecified atom stereocenters. The van der Waals surface area contributed by atoms with E-state index in [2.05, 4.69) is 15.4 Å². The van der Waals surface area contributed by atoms with E-state index in [0.717, 1.165) is 11.1 Å². The van der Waals surface area contributed by atoms with Crippen LogP contribution >= 0.6 is 0 Å². The van der Waals surface area contributed by atoms with Crippen LogP contribution in [0.1, 0.15) is 11.1 Å². The van der Waals surface area contributed by atoms with Gasteiger partial charge in [0.2, 0.25) is 0 Å². The first kappa shape index (κ1) is 15.8. The highest BCUT2D eigenvalue weighted by Gasteiger charge is 2.06. The third kappa shape index (κ3) is 5.05. The van der Waals surface area contributed by atoms with Gasteiger partial charge in [0.15, 0.2) is 0 Å². The largest absolute Gasteiger partial charge is 0.435 e. The number of halogens is 2. The number of hydrogen-bond acceptors (Lipinski definition) is 2. The van der Waals surface area contributed by atoms with Crippen LogP contribution < -0.4 is 15.4 Å². The van der Waals surface area contributed by atoms with Crippen LogP contribution in [-0.4, -0.2) is 12.6 Å². The molecule has 4 nitrogen and oxygen atoms in total. The topological polar surface area (TPSA) is 50.4 Å². The summed E-state index contributed by atoms with van der Waals surface area (Å²) < 4.78 is 28.5. The number of hydrogen-bond donors (Lipinski definition) is 2. The van der Waals surface area contributed by atoms with Gasteiger partial charge in [-0.15, -0.1) is 0 Å². The van der Waals surface area contributed by atoms with Gasteiger partial charge in [0, 0.05) is 18.3 Å². The molecule has 0 spiro atoms. The molecule has 2 amide bonds. The standard InChI is InChI=1S/C16H16F2N2O2/c1-11-4-2-5-12(8-11)10-19-16(21)20-13-6-3-7-14(9-13)22-15(17)18/h2-9,15H,10H2,1H3,(H2,19,20,21). The Hall–Kier alpha value is -2.63. The van der Waals surface area contributed by atoms with Crippen molar-refractivity contribution < 1.29 is 18.3 Å². The molecule has 0 saturated heterocycles. The zero-order chi connectivity index (χ0) is 15.9. The highest BCUT2D eigenvalue weighted by Crippen LogP contribution is 2.19. The van der Waals surface area contributed by atoms with Gasteiger partial charge in [-0.05, 0) is 24.6 Å². The molecule has 2 rings (SSSR count). The lowest BCUT2D eigenvalue weighted by molar-refractivity contribution is -0.0497. The monoisotopic (exact) mass is 306 g/mol. The predicted molar refractivity (Wildman–Crippen MR) is 80.1 cm³/mol. The van der Waals surface area contributed by atoms with Crippen molar-refractivity contribution in [3.8, 4) is 5.75 Å². The number of carbonyl (C=O) groups is 1. The van der Waals surface area contributed by atoms with Gasteiger partial charge in [0.25, 0.3) is 0 Å². The van der Waals surface area contributed by atoms with Crippen LogP contribution in [0, 0.1) is 6.92 Å². The lowest BCUT2D eigenvalue weighted by atomic mass is 10.1. The minimum absolute atomic E-state index is 0.00789. The Kier molecular flexibility index (Phi) is 5.30. The van der Waals surface area contributed by atoms with E-state index in [1.54, 1.807) is 6.07 Å². The first-order valence-corrected chi connectivity index (χ1v) is 6.68. The predicted octanol–water partition coefficient (Wildman–Crippen LogP) is 3.92. The van der Waals surface area contributed by atoms with Crippen molar-refractivity contribution in [2.75, 3.05) is 5.32 Å². The minimum Gasteiger partial charge on any atom is -0.435 e. The van der Waals surface area contributed by atoms with Crippen molar-refractivity contribution >= 4 is 11.7 Å². The molecule has 6 heteroatoms. The summed E-state index contributed by atoms with van der Waals surface area (Å²) in [6.07, 6.45) is 0. The molecule has 0 radical (unpaired) electrons. The molecular weight excluding hydrogens is 290 g/mol. The van der Waals surface area contributed by atoms with Crippen molar-refractivity contribution in [1.29, 1.82) is 0 Å². The fraction of sp³-hybridized carbons (Fsp3) is 0.188. The summed E-state index contributed by atoms with van der Waals surface area (Å²) >= 11 is 0. The van der Waals surface area contributed by atoms with Crippen molar-refractivity contribution in [3.05, 3.63) is 59.7 Å². The number of nitrogens with one attached hydrogen (secondary N) is 2. The SMILES string of the molecule is Cc1cccc(CNC(=O)Nc2cccc(OC(F)F)c2)c1. The number of aryl methyl sites for hydroxylation is 1. The number of amides is 2. The number of urea groups is 1. The summed E-state index contributed by atoms with van der Waals surface area (Å²) in [5.41, 5.74) is 2.46. The number of ether oxygens (including phenoxy) is 1. The molecule has 0 atom stereocenters. The first-order chi connectivity index (χ1) is 10.5. The van der Waals surface area contributed by atoms with Crippen molar-refractivity contribution in [3.63, 3.8) is 0 Å². The Morgan fingerprint density at radius 2 is 1.95 bits per heavy atom. The van der Waals surface area contributed by atoms with E-state index in [0.29, 0.717) is 12.2 Å². The van der Waals surface area contributed by atoms with E-state index in [1.807, 2.05) is 31.2 Å². The minimum atomic E-state index is -2.90. The summed E-state index contributed by atoms with van der Waals surface area (Å²) in [5, 5.41) is 5.26. The molecule has 22 heavy (non-hydrogen) atoms. The molecule has 0 aliphatic heterocycles. The summed E-state index contributed by atoms with van der Waals surface area (Å²) in [4.78, 5) is 11.8. The maximum atomic E-state index is 12.1. The molecule has 116 valence electrons. The Bertz CT molecular complexity index is 648. The van der Waals surface area contributed by atoms with Gasteiger partial charge in [0.05, 0.1) is 0 Å². The van der Waals surface area contributed by atoms with Gasteiger partial charge in [-0.2, -0.15) is 8.78 Å². The van der Waals surface area contributed by atoms with Gasteiger partial charge in [0.1, 0.15) is 5.75 Å².